The number of ether oxygens (including phenoxy) is 1. The highest BCUT2D eigenvalue weighted by molar-refractivity contribution is 7.80. The number of carboxylic acid groups (broad SMARTS) is 1. The summed E-state index contributed by atoms with van der Waals surface area (Å²) in [4.78, 5) is 26.0. The fourth-order valence-electron chi connectivity index (χ4n) is 3.15. The van der Waals surface area contributed by atoms with Crippen molar-refractivity contribution < 1.29 is 19.4 Å². The van der Waals surface area contributed by atoms with Crippen LogP contribution in [0.1, 0.15) is 45.6 Å². The van der Waals surface area contributed by atoms with Crippen LogP contribution in [-0.4, -0.2) is 51.3 Å². The fourth-order valence-corrected chi connectivity index (χ4v) is 3.55. The summed E-state index contributed by atoms with van der Waals surface area (Å²) < 4.78 is 5.36. The first kappa shape index (κ1) is 21.2. The molecule has 0 unspecified atom stereocenters. The summed E-state index contributed by atoms with van der Waals surface area (Å²) in [6.07, 6.45) is 2.08. The van der Waals surface area contributed by atoms with E-state index in [4.69, 9.17) is 17.0 Å². The molecule has 1 heterocycles. The normalized spacial score (nSPS) is 18.0. The number of nitrogens with one attached hydrogen (secondary N) is 1. The molecule has 0 radical (unpaired) electrons. The highest BCUT2D eigenvalue weighted by atomic mass is 32.1. The van der Waals surface area contributed by atoms with Crippen molar-refractivity contribution in [2.75, 3.05) is 6.54 Å². The third-order valence-corrected chi connectivity index (χ3v) is 4.89. The van der Waals surface area contributed by atoms with E-state index in [2.05, 4.69) is 5.32 Å². The van der Waals surface area contributed by atoms with Crippen molar-refractivity contribution in [2.45, 2.75) is 64.1 Å². The van der Waals surface area contributed by atoms with Gasteiger partial charge in [-0.3, -0.25) is 0 Å². The molecule has 1 aliphatic heterocycles. The van der Waals surface area contributed by atoms with Crippen LogP contribution in [0, 0.1) is 0 Å². The van der Waals surface area contributed by atoms with Crippen LogP contribution < -0.4 is 5.32 Å². The topological polar surface area (TPSA) is 78.9 Å². The number of rotatable bonds is 6. The minimum absolute atomic E-state index is 0.460. The van der Waals surface area contributed by atoms with Gasteiger partial charge in [-0.1, -0.05) is 42.5 Å². The van der Waals surface area contributed by atoms with Gasteiger partial charge in [0.05, 0.1) is 6.04 Å². The number of carboxylic acids is 1. The number of likely N-dealkylation sites (tertiary alicyclic amines) is 1. The molecule has 148 valence electrons. The van der Waals surface area contributed by atoms with Crippen molar-refractivity contribution in [3.05, 3.63) is 35.9 Å². The Bertz CT molecular complexity index is 672. The first-order valence-electron chi connectivity index (χ1n) is 9.24. The number of thiocarbonyl (C=S) groups is 1. The number of hydrogen-bond acceptors (Lipinski definition) is 4. The van der Waals surface area contributed by atoms with E-state index in [1.807, 2.05) is 30.3 Å². The highest BCUT2D eigenvalue weighted by Crippen LogP contribution is 2.21. The first-order chi connectivity index (χ1) is 12.7. The molecule has 0 saturated carbocycles. The summed E-state index contributed by atoms with van der Waals surface area (Å²) in [7, 11) is 0. The van der Waals surface area contributed by atoms with Crippen molar-refractivity contribution in [1.82, 2.24) is 10.2 Å². The monoisotopic (exact) mass is 392 g/mol. The maximum atomic E-state index is 12.3. The van der Waals surface area contributed by atoms with Crippen molar-refractivity contribution in [3.63, 3.8) is 0 Å². The second-order valence-electron chi connectivity index (χ2n) is 7.75. The fraction of sp³-hybridized carbons (Fsp3) is 0.550. The number of nitrogens with zero attached hydrogens (tertiary/aromatic N) is 1. The number of aryl methyl sites for hydroxylation is 1. The summed E-state index contributed by atoms with van der Waals surface area (Å²) in [5.41, 5.74) is 0.514. The Morgan fingerprint density at radius 2 is 2.00 bits per heavy atom. The lowest BCUT2D eigenvalue weighted by Crippen LogP contribution is -2.51. The van der Waals surface area contributed by atoms with E-state index >= 15 is 0 Å². The first-order valence-corrected chi connectivity index (χ1v) is 9.65. The standard InChI is InChI=1S/C20H28N2O4S/c1-20(2,3)26-19(25)21-15(12-11-14-8-5-4-6-9-14)17(27)22-13-7-10-16(22)18(23)24/h4-6,8-9,15-16H,7,10-13H2,1-3H3,(H,21,25)(H,23,24)/t15-,16+/m1/s1. The summed E-state index contributed by atoms with van der Waals surface area (Å²) in [5, 5.41) is 12.3. The Hall–Kier alpha value is -2.15. The molecule has 7 heteroatoms. The summed E-state index contributed by atoms with van der Waals surface area (Å²) in [5.74, 6) is -0.881. The van der Waals surface area contributed by atoms with E-state index in [0.29, 0.717) is 30.8 Å². The van der Waals surface area contributed by atoms with Gasteiger partial charge in [-0.15, -0.1) is 0 Å². The quantitative estimate of drug-likeness (QED) is 0.723. The predicted molar refractivity (Wildman–Crippen MR) is 108 cm³/mol. The van der Waals surface area contributed by atoms with E-state index in [9.17, 15) is 14.7 Å². The Labute approximate surface area is 165 Å². The molecule has 0 spiro atoms. The molecule has 1 saturated heterocycles. The number of carbonyl (C=O) groups excluding carboxylic acids is 1. The second kappa shape index (κ2) is 9.17. The zero-order valence-electron chi connectivity index (χ0n) is 16.1. The molecule has 1 aliphatic rings. The molecule has 1 aromatic rings. The average molecular weight is 393 g/mol. The van der Waals surface area contributed by atoms with Gasteiger partial charge in [0.2, 0.25) is 0 Å². The molecule has 1 amide bonds. The molecule has 2 rings (SSSR count). The van der Waals surface area contributed by atoms with E-state index in [1.165, 1.54) is 0 Å². The lowest BCUT2D eigenvalue weighted by molar-refractivity contribution is -0.140. The van der Waals surface area contributed by atoms with Crippen LogP contribution in [0.25, 0.3) is 0 Å². The minimum atomic E-state index is -0.881. The van der Waals surface area contributed by atoms with E-state index in [1.54, 1.807) is 25.7 Å². The summed E-state index contributed by atoms with van der Waals surface area (Å²) >= 11 is 5.60. The molecule has 27 heavy (non-hydrogen) atoms. The highest BCUT2D eigenvalue weighted by Gasteiger charge is 2.35. The Kier molecular flexibility index (Phi) is 7.18. The number of aliphatic carboxylic acids is 1. The lowest BCUT2D eigenvalue weighted by atomic mass is 10.0. The SMILES string of the molecule is CC(C)(C)OC(=O)N[C@H](CCc1ccccc1)C(=S)N1CCC[C@H]1C(=O)O. The smallest absolute Gasteiger partial charge is 0.408 e. The number of benzene rings is 1. The van der Waals surface area contributed by atoms with Crippen molar-refractivity contribution >= 4 is 29.3 Å². The third kappa shape index (κ3) is 6.50. The van der Waals surface area contributed by atoms with Crippen LogP contribution >= 0.6 is 12.2 Å². The molecule has 0 aromatic heterocycles. The van der Waals surface area contributed by atoms with Gasteiger partial charge in [0, 0.05) is 6.54 Å². The van der Waals surface area contributed by atoms with E-state index < -0.39 is 29.7 Å². The number of carbonyl (C=O) groups is 2. The Morgan fingerprint density at radius 3 is 2.59 bits per heavy atom. The van der Waals surface area contributed by atoms with Crippen LogP contribution in [0.2, 0.25) is 0 Å². The van der Waals surface area contributed by atoms with Crippen molar-refractivity contribution in [1.29, 1.82) is 0 Å². The predicted octanol–water partition coefficient (Wildman–Crippen LogP) is 3.39. The van der Waals surface area contributed by atoms with Gasteiger partial charge < -0.3 is 20.1 Å². The van der Waals surface area contributed by atoms with Crippen LogP contribution in [0.15, 0.2) is 30.3 Å². The van der Waals surface area contributed by atoms with Crippen molar-refractivity contribution in [3.8, 4) is 0 Å². The molecule has 1 fully saturated rings. The maximum absolute atomic E-state index is 12.3. The molecule has 0 bridgehead atoms. The zero-order chi connectivity index (χ0) is 20.0. The molecule has 2 atom stereocenters. The zero-order valence-corrected chi connectivity index (χ0v) is 16.9. The number of alkyl carbamates (subject to hydrolysis) is 1. The van der Waals surface area contributed by atoms with E-state index in [0.717, 1.165) is 12.0 Å². The van der Waals surface area contributed by atoms with Crippen LogP contribution in [0.5, 0.6) is 0 Å². The molecule has 2 N–H and O–H groups in total. The second-order valence-corrected chi connectivity index (χ2v) is 8.17. The Balaban J connectivity index is 2.11. The maximum Gasteiger partial charge on any atom is 0.408 e. The van der Waals surface area contributed by atoms with Crippen LogP contribution in [0.4, 0.5) is 4.79 Å². The lowest BCUT2D eigenvalue weighted by Gasteiger charge is -2.31. The van der Waals surface area contributed by atoms with E-state index in [-0.39, 0.29) is 0 Å². The van der Waals surface area contributed by atoms with Gasteiger partial charge in [0.25, 0.3) is 0 Å². The number of hydrogen-bond donors (Lipinski definition) is 2. The van der Waals surface area contributed by atoms with Gasteiger partial charge in [-0.05, 0) is 52.0 Å². The van der Waals surface area contributed by atoms with Gasteiger partial charge in [-0.25, -0.2) is 9.59 Å². The van der Waals surface area contributed by atoms with Gasteiger partial charge in [0.1, 0.15) is 16.6 Å². The van der Waals surface area contributed by atoms with Gasteiger partial charge in [0.15, 0.2) is 0 Å². The van der Waals surface area contributed by atoms with Gasteiger partial charge in [-0.2, -0.15) is 0 Å². The average Bonchev–Trinajstić information content (AvgIpc) is 3.07. The van der Waals surface area contributed by atoms with Crippen LogP contribution in [-0.2, 0) is 16.0 Å². The molecule has 1 aromatic carbocycles. The van der Waals surface area contributed by atoms with Crippen molar-refractivity contribution in [2.24, 2.45) is 0 Å². The minimum Gasteiger partial charge on any atom is -0.480 e. The summed E-state index contributed by atoms with van der Waals surface area (Å²) in [6, 6.07) is 8.82. The van der Waals surface area contributed by atoms with Crippen LogP contribution in [0.3, 0.4) is 0 Å². The third-order valence-electron chi connectivity index (χ3n) is 4.37. The molecular weight excluding hydrogens is 364 g/mol. The number of amides is 1. The molecular formula is C20H28N2O4S. The Morgan fingerprint density at radius 1 is 1.33 bits per heavy atom. The largest absolute Gasteiger partial charge is 0.480 e. The molecule has 6 nitrogen and oxygen atoms in total. The summed E-state index contributed by atoms with van der Waals surface area (Å²) in [6.45, 7) is 5.98. The molecule has 0 aliphatic carbocycles. The van der Waals surface area contributed by atoms with Gasteiger partial charge >= 0.3 is 12.1 Å².